The second-order valence-corrected chi connectivity index (χ2v) is 5.69. The fourth-order valence-corrected chi connectivity index (χ4v) is 3.16. The first-order valence-corrected chi connectivity index (χ1v) is 7.49. The monoisotopic (exact) mass is 306 g/mol. The summed E-state index contributed by atoms with van der Waals surface area (Å²) in [6.45, 7) is 1.09. The van der Waals surface area contributed by atoms with Crippen molar-refractivity contribution in [1.29, 1.82) is 0 Å². The van der Waals surface area contributed by atoms with E-state index in [4.69, 9.17) is 0 Å². The summed E-state index contributed by atoms with van der Waals surface area (Å²) >= 11 is 0. The molecule has 0 saturated heterocycles. The minimum atomic E-state index is -0.283. The third kappa shape index (κ3) is 2.04. The average molecular weight is 306 g/mol. The number of fused-ring (bicyclic) bond motifs is 2. The third-order valence-electron chi connectivity index (χ3n) is 4.37. The summed E-state index contributed by atoms with van der Waals surface area (Å²) in [7, 11) is 0. The van der Waals surface area contributed by atoms with Gasteiger partial charge in [0.15, 0.2) is 0 Å². The number of hydrogen-bond donors (Lipinski definition) is 0. The summed E-state index contributed by atoms with van der Waals surface area (Å²) in [4.78, 5) is 39.8. The molecule has 5 nitrogen and oxygen atoms in total. The van der Waals surface area contributed by atoms with Crippen LogP contribution in [0.25, 0.3) is 0 Å². The number of nitrogens with zero attached hydrogens (tertiary/aromatic N) is 2. The van der Waals surface area contributed by atoms with E-state index in [9.17, 15) is 14.4 Å². The highest BCUT2D eigenvalue weighted by Gasteiger charge is 2.36. The molecule has 2 aromatic carbocycles. The quantitative estimate of drug-likeness (QED) is 0.814. The average Bonchev–Trinajstić information content (AvgIpc) is 3.02. The lowest BCUT2D eigenvalue weighted by Crippen LogP contribution is -2.38. The molecule has 0 N–H and O–H groups in total. The zero-order valence-electron chi connectivity index (χ0n) is 12.4. The van der Waals surface area contributed by atoms with Crippen LogP contribution in [0.3, 0.4) is 0 Å². The van der Waals surface area contributed by atoms with Crippen LogP contribution in [0.2, 0.25) is 0 Å². The molecule has 5 heteroatoms. The molecule has 0 unspecified atom stereocenters. The van der Waals surface area contributed by atoms with Gasteiger partial charge in [-0.15, -0.1) is 0 Å². The first-order valence-electron chi connectivity index (χ1n) is 7.49. The van der Waals surface area contributed by atoms with Gasteiger partial charge in [-0.3, -0.25) is 19.3 Å². The molecule has 0 radical (unpaired) electrons. The number of amides is 3. The molecule has 0 fully saturated rings. The Morgan fingerprint density at radius 1 is 0.696 bits per heavy atom. The molecular weight excluding hydrogens is 292 g/mol. The van der Waals surface area contributed by atoms with Crippen LogP contribution in [0.15, 0.2) is 48.5 Å². The molecule has 0 atom stereocenters. The van der Waals surface area contributed by atoms with Crippen LogP contribution < -0.4 is 0 Å². The predicted octanol–water partition coefficient (Wildman–Crippen LogP) is 1.94. The zero-order chi connectivity index (χ0) is 16.0. The summed E-state index contributed by atoms with van der Waals surface area (Å²) in [6.07, 6.45) is 0. The van der Waals surface area contributed by atoms with Gasteiger partial charge in [-0.25, -0.2) is 0 Å². The molecule has 0 bridgehead atoms. The normalized spacial score (nSPS) is 16.1. The van der Waals surface area contributed by atoms with Crippen LogP contribution in [0.1, 0.15) is 36.6 Å². The lowest BCUT2D eigenvalue weighted by Gasteiger charge is -2.20. The van der Waals surface area contributed by atoms with E-state index < -0.39 is 0 Å². The van der Waals surface area contributed by atoms with E-state index in [0.717, 1.165) is 5.56 Å². The van der Waals surface area contributed by atoms with E-state index in [0.29, 0.717) is 29.8 Å². The van der Waals surface area contributed by atoms with Crippen molar-refractivity contribution < 1.29 is 14.4 Å². The number of hydrogen-bond acceptors (Lipinski definition) is 3. The van der Waals surface area contributed by atoms with E-state index >= 15 is 0 Å². The third-order valence-corrected chi connectivity index (χ3v) is 4.37. The second-order valence-electron chi connectivity index (χ2n) is 5.69. The van der Waals surface area contributed by atoms with Crippen LogP contribution in [0, 0.1) is 0 Å². The van der Waals surface area contributed by atoms with Gasteiger partial charge in [0.1, 0.15) is 0 Å². The number of rotatable bonds is 3. The van der Waals surface area contributed by atoms with Crippen molar-refractivity contribution in [1.82, 2.24) is 9.80 Å². The van der Waals surface area contributed by atoms with Gasteiger partial charge in [0.05, 0.1) is 11.1 Å². The molecule has 2 aliphatic heterocycles. The molecule has 0 saturated carbocycles. The van der Waals surface area contributed by atoms with Crippen molar-refractivity contribution in [3.05, 3.63) is 70.8 Å². The first kappa shape index (κ1) is 13.7. The van der Waals surface area contributed by atoms with E-state index in [1.165, 1.54) is 4.90 Å². The molecule has 4 rings (SSSR count). The van der Waals surface area contributed by atoms with Gasteiger partial charge in [-0.1, -0.05) is 30.3 Å². The lowest BCUT2D eigenvalue weighted by molar-refractivity contribution is 0.0605. The van der Waals surface area contributed by atoms with Gasteiger partial charge < -0.3 is 4.90 Å². The van der Waals surface area contributed by atoms with Crippen molar-refractivity contribution in [2.75, 3.05) is 13.1 Å². The van der Waals surface area contributed by atoms with Gasteiger partial charge in [0.2, 0.25) is 0 Å². The Morgan fingerprint density at radius 2 is 1.26 bits per heavy atom. The van der Waals surface area contributed by atoms with Crippen molar-refractivity contribution in [2.24, 2.45) is 0 Å². The minimum absolute atomic E-state index is 0.0443. The highest BCUT2D eigenvalue weighted by Crippen LogP contribution is 2.24. The Hall–Kier alpha value is -2.95. The summed E-state index contributed by atoms with van der Waals surface area (Å²) in [5, 5.41) is 0. The van der Waals surface area contributed by atoms with E-state index in [1.54, 1.807) is 35.2 Å². The van der Waals surface area contributed by atoms with Gasteiger partial charge in [-0.2, -0.15) is 0 Å². The Morgan fingerprint density at radius 3 is 1.87 bits per heavy atom. The number of carbonyl (C=O) groups is 3. The maximum absolute atomic E-state index is 12.3. The molecule has 2 aromatic rings. The largest absolute Gasteiger partial charge is 0.332 e. The Labute approximate surface area is 133 Å². The number of imide groups is 1. The van der Waals surface area contributed by atoms with Crippen LogP contribution >= 0.6 is 0 Å². The van der Waals surface area contributed by atoms with Crippen molar-refractivity contribution in [3.8, 4) is 0 Å². The Kier molecular flexibility index (Phi) is 3.01. The topological polar surface area (TPSA) is 57.7 Å². The maximum Gasteiger partial charge on any atom is 0.261 e. The molecule has 23 heavy (non-hydrogen) atoms. The summed E-state index contributed by atoms with van der Waals surface area (Å²) < 4.78 is 0. The summed E-state index contributed by atoms with van der Waals surface area (Å²) in [5.41, 5.74) is 2.57. The van der Waals surface area contributed by atoms with E-state index in [-0.39, 0.29) is 24.3 Å². The highest BCUT2D eigenvalue weighted by molar-refractivity contribution is 6.21. The zero-order valence-corrected chi connectivity index (χ0v) is 12.4. The van der Waals surface area contributed by atoms with Crippen LogP contribution in [-0.4, -0.2) is 40.6 Å². The van der Waals surface area contributed by atoms with Crippen LogP contribution in [0.5, 0.6) is 0 Å². The minimum Gasteiger partial charge on any atom is -0.332 e. The SMILES string of the molecule is O=C1c2ccccc2CN1CCN1C(=O)c2ccccc2C1=O. The molecular formula is C18H14N2O3. The van der Waals surface area contributed by atoms with Gasteiger partial charge in [0, 0.05) is 25.2 Å². The second kappa shape index (κ2) is 5.05. The lowest BCUT2D eigenvalue weighted by atomic mass is 10.1. The molecule has 2 aliphatic rings. The van der Waals surface area contributed by atoms with Crippen molar-refractivity contribution >= 4 is 17.7 Å². The first-order chi connectivity index (χ1) is 11.2. The summed E-state index contributed by atoms with van der Waals surface area (Å²) in [5.74, 6) is -0.610. The van der Waals surface area contributed by atoms with E-state index in [1.807, 2.05) is 18.2 Å². The van der Waals surface area contributed by atoms with Gasteiger partial charge >= 0.3 is 0 Å². The molecule has 0 aliphatic carbocycles. The fraction of sp³-hybridized carbons (Fsp3) is 0.167. The smallest absolute Gasteiger partial charge is 0.261 e. The Balaban J connectivity index is 1.49. The predicted molar refractivity (Wildman–Crippen MR) is 83.0 cm³/mol. The molecule has 0 spiro atoms. The highest BCUT2D eigenvalue weighted by atomic mass is 16.2. The van der Waals surface area contributed by atoms with Crippen LogP contribution in [-0.2, 0) is 6.54 Å². The summed E-state index contributed by atoms with van der Waals surface area (Å²) in [6, 6.07) is 14.3. The standard InChI is InChI=1S/C18H14N2O3/c21-16-13-6-2-1-5-12(13)11-19(16)9-10-20-17(22)14-7-3-4-8-15(14)18(20)23/h1-8H,9-11H2. The number of carbonyl (C=O) groups excluding carboxylic acids is 3. The maximum atomic E-state index is 12.3. The van der Waals surface area contributed by atoms with Crippen molar-refractivity contribution in [2.45, 2.75) is 6.54 Å². The van der Waals surface area contributed by atoms with Gasteiger partial charge in [0.25, 0.3) is 17.7 Å². The van der Waals surface area contributed by atoms with Crippen LogP contribution in [0.4, 0.5) is 0 Å². The Bertz CT molecular complexity index is 809. The number of benzene rings is 2. The molecule has 0 aromatic heterocycles. The molecule has 114 valence electrons. The fourth-order valence-electron chi connectivity index (χ4n) is 3.16. The molecule has 3 amide bonds. The molecule has 2 heterocycles. The van der Waals surface area contributed by atoms with Gasteiger partial charge in [-0.05, 0) is 23.8 Å². The van der Waals surface area contributed by atoms with E-state index in [2.05, 4.69) is 0 Å². The van der Waals surface area contributed by atoms with Crippen molar-refractivity contribution in [3.63, 3.8) is 0 Å².